The first-order valence-electron chi connectivity index (χ1n) is 13.6. The topological polar surface area (TPSA) is 129 Å². The molecule has 0 saturated carbocycles. The Morgan fingerprint density at radius 1 is 1.40 bits per heavy atom. The molecule has 2 aromatic carbocycles. The molecular weight excluding hydrogens is 605 g/mol. The summed E-state index contributed by atoms with van der Waals surface area (Å²) in [7, 11) is 1.60. The predicted molar refractivity (Wildman–Crippen MR) is 158 cm³/mol. The van der Waals surface area contributed by atoms with Gasteiger partial charge in [0, 0.05) is 42.9 Å². The molecule has 6 rings (SSSR count). The predicted octanol–water partition coefficient (Wildman–Crippen LogP) is 5.76. The second kappa shape index (κ2) is 11.0. The highest BCUT2D eigenvalue weighted by Gasteiger charge is 2.49. The molecule has 0 aliphatic carbocycles. The van der Waals surface area contributed by atoms with Crippen molar-refractivity contribution in [2.75, 3.05) is 43.9 Å². The fourth-order valence-electron chi connectivity index (χ4n) is 6.29. The summed E-state index contributed by atoms with van der Waals surface area (Å²) in [4.78, 5) is 23.8. The molecule has 224 valence electrons. The molecule has 2 fully saturated rings. The van der Waals surface area contributed by atoms with Gasteiger partial charge in [0.2, 0.25) is 0 Å². The second-order valence-electron chi connectivity index (χ2n) is 11.0. The van der Waals surface area contributed by atoms with Gasteiger partial charge >= 0.3 is 12.0 Å². The van der Waals surface area contributed by atoms with E-state index in [1.807, 2.05) is 6.07 Å². The van der Waals surface area contributed by atoms with Crippen molar-refractivity contribution in [2.24, 2.45) is 0 Å². The number of aliphatic carboxylic acids is 1. The number of halogens is 4. The van der Waals surface area contributed by atoms with Gasteiger partial charge in [-0.3, -0.25) is 9.69 Å². The zero-order valence-electron chi connectivity index (χ0n) is 23.0. The second-order valence-corrected chi connectivity index (χ2v) is 12.4. The maximum Gasteiger partial charge on any atom is 0.319 e. The number of aromatic nitrogens is 2. The van der Waals surface area contributed by atoms with Crippen LogP contribution in [-0.4, -0.2) is 70.9 Å². The summed E-state index contributed by atoms with van der Waals surface area (Å²) < 4.78 is 51.8. The van der Waals surface area contributed by atoms with Crippen LogP contribution in [0.1, 0.15) is 31.2 Å². The van der Waals surface area contributed by atoms with E-state index in [9.17, 15) is 23.9 Å². The van der Waals surface area contributed by atoms with Gasteiger partial charge in [-0.15, -0.1) is 11.3 Å². The number of nitriles is 1. The Morgan fingerprint density at radius 3 is 2.93 bits per heavy atom. The Bertz CT molecular complexity index is 1830. The normalized spacial score (nSPS) is 20.0. The molecule has 9 nitrogen and oxygen atoms in total. The fourth-order valence-corrected chi connectivity index (χ4v) is 7.53. The standard InChI is InChI=1S/C29H26ClF3N6O3S/c1-38(8-5-20(40)41)27-16-9-18(30)22(15-3-4-19(32)25-21(15)17(11-34)26(35)43-25)23(33)24(16)36-28(37-27)42-13-29-6-2-7-39(29)12-14(31)10-29/h3-4,9,14H,2,5-8,10,12-13,35H2,1H3,(H,40,41)/t14-,29+/m1/s1. The number of carbonyl (C=O) groups is 1. The molecule has 43 heavy (non-hydrogen) atoms. The molecule has 4 heterocycles. The van der Waals surface area contributed by atoms with Gasteiger partial charge in [-0.2, -0.15) is 15.2 Å². The average molecular weight is 631 g/mol. The summed E-state index contributed by atoms with van der Waals surface area (Å²) in [6.45, 7) is 1.22. The molecule has 2 aliphatic rings. The monoisotopic (exact) mass is 630 g/mol. The Kier molecular flexibility index (Phi) is 7.48. The van der Waals surface area contributed by atoms with Crippen molar-refractivity contribution in [3.8, 4) is 23.2 Å². The van der Waals surface area contributed by atoms with Crippen LogP contribution < -0.4 is 15.4 Å². The number of rotatable bonds is 8. The number of ether oxygens (including phenoxy) is 1. The molecule has 4 aromatic rings. The van der Waals surface area contributed by atoms with E-state index in [-0.39, 0.29) is 79.1 Å². The molecular formula is C29H26ClF3N6O3S. The van der Waals surface area contributed by atoms with Crippen molar-refractivity contribution in [3.63, 3.8) is 0 Å². The van der Waals surface area contributed by atoms with Crippen LogP contribution in [0.5, 0.6) is 6.01 Å². The van der Waals surface area contributed by atoms with Gasteiger partial charge in [-0.25, -0.2) is 13.2 Å². The van der Waals surface area contributed by atoms with E-state index in [1.165, 1.54) is 17.0 Å². The summed E-state index contributed by atoms with van der Waals surface area (Å²) in [6, 6.07) is 5.75. The number of nitrogen functional groups attached to an aromatic ring is 1. The maximum absolute atomic E-state index is 16.6. The van der Waals surface area contributed by atoms with Crippen LogP contribution >= 0.6 is 22.9 Å². The summed E-state index contributed by atoms with van der Waals surface area (Å²) in [6.07, 6.45) is 0.765. The Labute approximate surface area is 253 Å². The first-order chi connectivity index (χ1) is 20.5. The zero-order chi connectivity index (χ0) is 30.6. The van der Waals surface area contributed by atoms with Gasteiger partial charge < -0.3 is 20.5 Å². The Hall–Kier alpha value is -3.86. The van der Waals surface area contributed by atoms with Crippen LogP contribution in [-0.2, 0) is 4.79 Å². The lowest BCUT2D eigenvalue weighted by atomic mass is 9.95. The van der Waals surface area contributed by atoms with E-state index in [2.05, 4.69) is 14.9 Å². The summed E-state index contributed by atoms with van der Waals surface area (Å²) in [5.74, 6) is -2.32. The third-order valence-corrected chi connectivity index (χ3v) is 9.62. The van der Waals surface area contributed by atoms with E-state index in [4.69, 9.17) is 22.1 Å². The lowest BCUT2D eigenvalue weighted by Gasteiger charge is -2.31. The number of carboxylic acid groups (broad SMARTS) is 1. The first kappa shape index (κ1) is 29.2. The van der Waals surface area contributed by atoms with E-state index in [0.717, 1.165) is 36.8 Å². The van der Waals surface area contributed by atoms with Gasteiger partial charge in [-0.1, -0.05) is 17.7 Å². The minimum absolute atomic E-state index is 0.00831. The zero-order valence-corrected chi connectivity index (χ0v) is 24.5. The van der Waals surface area contributed by atoms with Crippen molar-refractivity contribution in [2.45, 2.75) is 37.4 Å². The van der Waals surface area contributed by atoms with Gasteiger partial charge in [0.1, 0.15) is 41.0 Å². The van der Waals surface area contributed by atoms with E-state index >= 15 is 4.39 Å². The number of carboxylic acids is 1. The van der Waals surface area contributed by atoms with Crippen LogP contribution in [0.25, 0.3) is 32.1 Å². The smallest absolute Gasteiger partial charge is 0.319 e. The van der Waals surface area contributed by atoms with E-state index in [0.29, 0.717) is 13.0 Å². The van der Waals surface area contributed by atoms with Gasteiger partial charge in [-0.05, 0) is 37.1 Å². The summed E-state index contributed by atoms with van der Waals surface area (Å²) >= 11 is 7.55. The van der Waals surface area contributed by atoms with Crippen LogP contribution in [0, 0.1) is 23.0 Å². The SMILES string of the molecule is CN(CCC(=O)O)c1nc(OC[C@@]23CCCN2C[C@H](F)C3)nc2c(F)c(-c3ccc(F)c4sc(N)c(C#N)c34)c(Cl)cc12. The Morgan fingerprint density at radius 2 is 2.19 bits per heavy atom. The first-order valence-corrected chi connectivity index (χ1v) is 14.8. The molecule has 0 unspecified atom stereocenters. The summed E-state index contributed by atoms with van der Waals surface area (Å²) in [5.41, 5.74) is 5.36. The van der Waals surface area contributed by atoms with Gasteiger partial charge in [0.25, 0.3) is 0 Å². The van der Waals surface area contributed by atoms with Crippen LogP contribution in [0.2, 0.25) is 5.02 Å². The fraction of sp³-hybridized carbons (Fsp3) is 0.379. The van der Waals surface area contributed by atoms with Crippen molar-refractivity contribution in [1.29, 1.82) is 5.26 Å². The summed E-state index contributed by atoms with van der Waals surface area (Å²) in [5, 5.41) is 19.3. The van der Waals surface area contributed by atoms with Crippen molar-refractivity contribution >= 4 is 60.7 Å². The number of alkyl halides is 1. The molecule has 0 spiro atoms. The maximum atomic E-state index is 16.6. The molecule has 3 N–H and O–H groups in total. The molecule has 0 bridgehead atoms. The molecule has 2 saturated heterocycles. The third-order valence-electron chi connectivity index (χ3n) is 8.30. The van der Waals surface area contributed by atoms with Crippen LogP contribution in [0.4, 0.5) is 24.0 Å². The minimum Gasteiger partial charge on any atom is -0.481 e. The van der Waals surface area contributed by atoms with Crippen molar-refractivity contribution in [3.05, 3.63) is 40.4 Å². The van der Waals surface area contributed by atoms with Gasteiger partial charge in [0.05, 0.1) is 27.2 Å². The number of nitrogens with two attached hydrogens (primary N) is 1. The van der Waals surface area contributed by atoms with E-state index < -0.39 is 29.3 Å². The largest absolute Gasteiger partial charge is 0.481 e. The molecule has 2 aromatic heterocycles. The van der Waals surface area contributed by atoms with Crippen molar-refractivity contribution in [1.82, 2.24) is 14.9 Å². The number of benzene rings is 2. The lowest BCUT2D eigenvalue weighted by molar-refractivity contribution is -0.136. The molecule has 2 aliphatic heterocycles. The lowest BCUT2D eigenvalue weighted by Crippen LogP contribution is -2.43. The van der Waals surface area contributed by atoms with Crippen LogP contribution in [0.3, 0.4) is 0 Å². The number of fused-ring (bicyclic) bond motifs is 3. The average Bonchev–Trinajstić information content (AvgIpc) is 3.61. The highest BCUT2D eigenvalue weighted by atomic mass is 35.5. The Balaban J connectivity index is 1.51. The van der Waals surface area contributed by atoms with Crippen LogP contribution in [0.15, 0.2) is 18.2 Å². The third kappa shape index (κ3) is 4.97. The number of thiophene rings is 1. The molecule has 0 radical (unpaired) electrons. The molecule has 2 atom stereocenters. The minimum atomic E-state index is -1.03. The highest BCUT2D eigenvalue weighted by Crippen LogP contribution is 2.46. The quantitative estimate of drug-likeness (QED) is 0.250. The highest BCUT2D eigenvalue weighted by molar-refractivity contribution is 7.23. The van der Waals surface area contributed by atoms with Gasteiger partial charge in [0.15, 0.2) is 5.82 Å². The molecule has 14 heteroatoms. The molecule has 0 amide bonds. The van der Waals surface area contributed by atoms with E-state index in [1.54, 1.807) is 7.05 Å². The number of nitrogens with zero attached hydrogens (tertiary/aromatic N) is 5. The number of anilines is 2. The number of hydrogen-bond donors (Lipinski definition) is 2. The van der Waals surface area contributed by atoms with Crippen molar-refractivity contribution < 1.29 is 27.8 Å². The number of hydrogen-bond acceptors (Lipinski definition) is 9.